The minimum atomic E-state index is -3.92. The van der Waals surface area contributed by atoms with Crippen molar-refractivity contribution in [3.63, 3.8) is 0 Å². The summed E-state index contributed by atoms with van der Waals surface area (Å²) in [6, 6.07) is 3.80. The van der Waals surface area contributed by atoms with Gasteiger partial charge in [-0.2, -0.15) is 0 Å². The predicted molar refractivity (Wildman–Crippen MR) is 78.4 cm³/mol. The largest absolute Gasteiger partial charge is 0.478 e. The van der Waals surface area contributed by atoms with Crippen LogP contribution >= 0.6 is 11.3 Å². The Hall–Kier alpha value is -1.64. The van der Waals surface area contributed by atoms with Crippen LogP contribution in [0.3, 0.4) is 0 Å². The number of aryl methyl sites for hydroxylation is 2. The fourth-order valence-electron chi connectivity index (χ4n) is 2.07. The Kier molecular flexibility index (Phi) is 4.50. The first kappa shape index (κ1) is 15.7. The molecule has 0 atom stereocenters. The molecule has 0 saturated heterocycles. The number of nitrogens with one attached hydrogen (secondary N) is 1. The van der Waals surface area contributed by atoms with Gasteiger partial charge >= 0.3 is 5.97 Å². The standard InChI is InChI=1S/C13H15NO5S2/c1-8-11(13(15)16)12(9(2)19-8)21(17,18)14-6-5-10-4-3-7-20-10/h3-4,7,14H,5-6H2,1-2H3,(H,15,16). The van der Waals surface area contributed by atoms with Gasteiger partial charge in [0, 0.05) is 11.4 Å². The number of rotatable bonds is 6. The molecule has 0 amide bonds. The number of aromatic carboxylic acids is 1. The molecule has 6 nitrogen and oxygen atoms in total. The summed E-state index contributed by atoms with van der Waals surface area (Å²) in [7, 11) is -3.92. The first-order chi connectivity index (χ1) is 9.83. The van der Waals surface area contributed by atoms with Gasteiger partial charge < -0.3 is 9.52 Å². The lowest BCUT2D eigenvalue weighted by molar-refractivity contribution is 0.0691. The maximum absolute atomic E-state index is 12.3. The normalized spacial score (nSPS) is 11.7. The van der Waals surface area contributed by atoms with Gasteiger partial charge in [0.2, 0.25) is 10.0 Å². The third-order valence-electron chi connectivity index (χ3n) is 2.93. The zero-order chi connectivity index (χ0) is 15.6. The Morgan fingerprint density at radius 3 is 2.67 bits per heavy atom. The number of carboxylic acid groups (broad SMARTS) is 1. The second-order valence-corrected chi connectivity index (χ2v) is 7.19. The van der Waals surface area contributed by atoms with Crippen LogP contribution in [0.15, 0.2) is 26.8 Å². The summed E-state index contributed by atoms with van der Waals surface area (Å²) in [4.78, 5) is 12.0. The predicted octanol–water partition coefficient (Wildman–Crippen LogP) is 2.18. The molecule has 2 rings (SSSR count). The number of hydrogen-bond donors (Lipinski definition) is 2. The Labute approximate surface area is 126 Å². The fraction of sp³-hybridized carbons (Fsp3) is 0.308. The number of carbonyl (C=O) groups is 1. The van der Waals surface area contributed by atoms with Gasteiger partial charge in [-0.05, 0) is 31.7 Å². The Morgan fingerprint density at radius 2 is 2.10 bits per heavy atom. The Bertz CT molecular complexity index is 744. The number of hydrogen-bond acceptors (Lipinski definition) is 5. The Morgan fingerprint density at radius 1 is 1.38 bits per heavy atom. The molecule has 0 fully saturated rings. The maximum Gasteiger partial charge on any atom is 0.340 e. The summed E-state index contributed by atoms with van der Waals surface area (Å²) in [5.41, 5.74) is -0.309. The second kappa shape index (κ2) is 6.00. The fourth-order valence-corrected chi connectivity index (χ4v) is 4.21. The third kappa shape index (κ3) is 3.34. The average Bonchev–Trinajstić information content (AvgIpc) is 2.96. The van der Waals surface area contributed by atoms with E-state index in [4.69, 9.17) is 9.52 Å². The van der Waals surface area contributed by atoms with Crippen molar-refractivity contribution < 1.29 is 22.7 Å². The minimum absolute atomic E-state index is 0.0773. The molecule has 2 aromatic heterocycles. The van der Waals surface area contributed by atoms with E-state index in [1.165, 1.54) is 25.2 Å². The van der Waals surface area contributed by atoms with Crippen molar-refractivity contribution in [2.45, 2.75) is 25.2 Å². The topological polar surface area (TPSA) is 96.6 Å². The van der Waals surface area contributed by atoms with Crippen LogP contribution in [0.1, 0.15) is 26.8 Å². The van der Waals surface area contributed by atoms with Crippen molar-refractivity contribution in [2.75, 3.05) is 6.54 Å². The highest BCUT2D eigenvalue weighted by Crippen LogP contribution is 2.26. The van der Waals surface area contributed by atoms with E-state index in [-0.39, 0.29) is 28.5 Å². The molecule has 114 valence electrons. The quantitative estimate of drug-likeness (QED) is 0.846. The van der Waals surface area contributed by atoms with Crippen LogP contribution in [-0.2, 0) is 16.4 Å². The summed E-state index contributed by atoms with van der Waals surface area (Å²) in [5, 5.41) is 11.1. The molecule has 0 bridgehead atoms. The molecule has 8 heteroatoms. The lowest BCUT2D eigenvalue weighted by atomic mass is 10.2. The summed E-state index contributed by atoms with van der Waals surface area (Å²) < 4.78 is 32.1. The van der Waals surface area contributed by atoms with Crippen molar-refractivity contribution in [1.82, 2.24) is 4.72 Å². The smallest absolute Gasteiger partial charge is 0.340 e. The lowest BCUT2D eigenvalue weighted by Gasteiger charge is -2.06. The molecular weight excluding hydrogens is 314 g/mol. The molecule has 0 radical (unpaired) electrons. The van der Waals surface area contributed by atoms with Crippen LogP contribution in [0.4, 0.5) is 0 Å². The number of thiophene rings is 1. The van der Waals surface area contributed by atoms with Crippen LogP contribution in [0.25, 0.3) is 0 Å². The molecule has 0 aliphatic rings. The highest BCUT2D eigenvalue weighted by Gasteiger charge is 2.30. The summed E-state index contributed by atoms with van der Waals surface area (Å²) in [5.74, 6) is -1.16. The van der Waals surface area contributed by atoms with Crippen LogP contribution in [0.2, 0.25) is 0 Å². The van der Waals surface area contributed by atoms with Crippen molar-refractivity contribution in [3.8, 4) is 0 Å². The molecule has 0 aliphatic carbocycles. The Balaban J connectivity index is 2.21. The van der Waals surface area contributed by atoms with Gasteiger partial charge in [0.1, 0.15) is 22.0 Å². The van der Waals surface area contributed by atoms with Gasteiger partial charge in [-0.1, -0.05) is 6.07 Å². The van der Waals surface area contributed by atoms with Gasteiger partial charge in [-0.15, -0.1) is 11.3 Å². The second-order valence-electron chi connectivity index (χ2n) is 4.45. The molecule has 0 spiro atoms. The van der Waals surface area contributed by atoms with E-state index in [1.54, 1.807) is 0 Å². The summed E-state index contributed by atoms with van der Waals surface area (Å²) in [6.07, 6.45) is 0.551. The molecule has 2 heterocycles. The van der Waals surface area contributed by atoms with Crippen LogP contribution in [0.5, 0.6) is 0 Å². The molecule has 2 aromatic rings. The monoisotopic (exact) mass is 329 g/mol. The van der Waals surface area contributed by atoms with Crippen LogP contribution < -0.4 is 4.72 Å². The summed E-state index contributed by atoms with van der Waals surface area (Å²) in [6.45, 7) is 3.07. The van der Waals surface area contributed by atoms with Gasteiger partial charge in [0.15, 0.2) is 0 Å². The number of furan rings is 1. The van der Waals surface area contributed by atoms with E-state index in [1.807, 2.05) is 17.5 Å². The molecule has 0 unspecified atom stereocenters. The van der Waals surface area contributed by atoms with Gasteiger partial charge in [0.05, 0.1) is 0 Å². The van der Waals surface area contributed by atoms with E-state index >= 15 is 0 Å². The number of sulfonamides is 1. The highest BCUT2D eigenvalue weighted by atomic mass is 32.2. The van der Waals surface area contributed by atoms with E-state index in [0.29, 0.717) is 6.42 Å². The zero-order valence-electron chi connectivity index (χ0n) is 11.5. The minimum Gasteiger partial charge on any atom is -0.478 e. The zero-order valence-corrected chi connectivity index (χ0v) is 13.2. The molecule has 2 N–H and O–H groups in total. The van der Waals surface area contributed by atoms with E-state index in [2.05, 4.69) is 4.72 Å². The van der Waals surface area contributed by atoms with Crippen molar-refractivity contribution in [3.05, 3.63) is 39.5 Å². The van der Waals surface area contributed by atoms with E-state index in [9.17, 15) is 13.2 Å². The van der Waals surface area contributed by atoms with Crippen LogP contribution in [0, 0.1) is 13.8 Å². The molecular formula is C13H15NO5S2. The first-order valence-electron chi connectivity index (χ1n) is 6.18. The van der Waals surface area contributed by atoms with Crippen molar-refractivity contribution in [1.29, 1.82) is 0 Å². The maximum atomic E-state index is 12.3. The van der Waals surface area contributed by atoms with Crippen molar-refractivity contribution >= 4 is 27.3 Å². The van der Waals surface area contributed by atoms with Gasteiger partial charge in [-0.3, -0.25) is 0 Å². The molecule has 0 saturated carbocycles. The molecule has 21 heavy (non-hydrogen) atoms. The first-order valence-corrected chi connectivity index (χ1v) is 8.54. The van der Waals surface area contributed by atoms with Crippen LogP contribution in [-0.4, -0.2) is 26.0 Å². The highest BCUT2D eigenvalue weighted by molar-refractivity contribution is 7.89. The van der Waals surface area contributed by atoms with E-state index in [0.717, 1.165) is 4.88 Å². The third-order valence-corrected chi connectivity index (χ3v) is 5.48. The van der Waals surface area contributed by atoms with E-state index < -0.39 is 16.0 Å². The van der Waals surface area contributed by atoms with Gasteiger partial charge in [0.25, 0.3) is 0 Å². The lowest BCUT2D eigenvalue weighted by Crippen LogP contribution is -2.27. The molecule has 0 aliphatic heterocycles. The average molecular weight is 329 g/mol. The van der Waals surface area contributed by atoms with Crippen molar-refractivity contribution in [2.24, 2.45) is 0 Å². The SMILES string of the molecule is Cc1oc(C)c(S(=O)(=O)NCCc2cccs2)c1C(=O)O. The van der Waals surface area contributed by atoms with Gasteiger partial charge in [-0.25, -0.2) is 17.9 Å². The summed E-state index contributed by atoms with van der Waals surface area (Å²) >= 11 is 1.54. The number of carboxylic acids is 1. The molecule has 0 aromatic carbocycles.